The Balaban J connectivity index is 1.76. The van der Waals surface area contributed by atoms with Crippen LogP contribution in [0.3, 0.4) is 0 Å². The molecule has 0 radical (unpaired) electrons. The van der Waals surface area contributed by atoms with Crippen molar-refractivity contribution in [3.63, 3.8) is 0 Å². The number of hydrogen-bond donors (Lipinski definition) is 7. The van der Waals surface area contributed by atoms with Crippen LogP contribution < -0.4 is 31.9 Å². The Morgan fingerprint density at radius 1 is 0.702 bits per heavy atom. The predicted molar refractivity (Wildman–Crippen MR) is 209 cm³/mol. The summed E-state index contributed by atoms with van der Waals surface area (Å²) in [6.07, 6.45) is 0.554. The zero-order valence-corrected chi connectivity index (χ0v) is 32.9. The number of carboxylic acids is 1. The van der Waals surface area contributed by atoms with Gasteiger partial charge in [0.15, 0.2) is 0 Å². The first-order valence-corrected chi connectivity index (χ1v) is 19.5. The van der Waals surface area contributed by atoms with Crippen molar-refractivity contribution in [1.82, 2.24) is 36.8 Å². The van der Waals surface area contributed by atoms with E-state index < -0.39 is 102 Å². The molecule has 2 aromatic carbocycles. The molecule has 4 rings (SSSR count). The molecule has 2 fully saturated rings. The number of carbonyl (C=O) groups is 8. The standard InChI is InChI=1S/C41H55N7O9/c1-5-25(4)35-40(56)46-31(19-24(2)3)41(57)48-18-12-17-32(48)39(55)42-23-33(49)43-28(20-26-13-8-6-9-14-26)36(52)45-30(22-34(50)51)37(53)44-29(38(54)47-35)21-27-15-10-7-11-16-27/h6-11,13-16,24-25,28-32,35H,5,12,17-23H2,1-4H3,(H,42,55)(H,43,49)(H,44,53)(H,45,52)(H,46,56)(H,47,54)(H,50,51)/t25-,28-,29-,30-,31-,32-,35-/m0/s1. The number of aliphatic carboxylic acids is 1. The predicted octanol–water partition coefficient (Wildman–Crippen LogP) is 0.584. The van der Waals surface area contributed by atoms with E-state index in [2.05, 4.69) is 31.9 Å². The Bertz CT molecular complexity index is 1760. The van der Waals surface area contributed by atoms with Gasteiger partial charge in [-0.2, -0.15) is 0 Å². The first kappa shape index (κ1) is 43.9. The van der Waals surface area contributed by atoms with Gasteiger partial charge in [-0.05, 0) is 42.2 Å². The topological polar surface area (TPSA) is 232 Å². The molecule has 2 aliphatic rings. The highest BCUT2D eigenvalue weighted by Crippen LogP contribution is 2.21. The second-order valence-electron chi connectivity index (χ2n) is 15.2. The molecule has 57 heavy (non-hydrogen) atoms. The van der Waals surface area contributed by atoms with Crippen molar-refractivity contribution >= 4 is 47.3 Å². The van der Waals surface area contributed by atoms with E-state index in [1.165, 1.54) is 4.90 Å². The van der Waals surface area contributed by atoms with Crippen LogP contribution in [0.2, 0.25) is 0 Å². The molecule has 16 nitrogen and oxygen atoms in total. The van der Waals surface area contributed by atoms with E-state index in [-0.39, 0.29) is 31.7 Å². The molecular formula is C41H55N7O9. The molecule has 2 heterocycles. The summed E-state index contributed by atoms with van der Waals surface area (Å²) >= 11 is 0. The van der Waals surface area contributed by atoms with Crippen molar-refractivity contribution in [2.45, 2.75) is 109 Å². The fourth-order valence-electron chi connectivity index (χ4n) is 6.99. The zero-order valence-electron chi connectivity index (χ0n) is 32.9. The summed E-state index contributed by atoms with van der Waals surface area (Å²) in [5.74, 6) is -6.98. The Kier molecular flexibility index (Phi) is 16.1. The van der Waals surface area contributed by atoms with Crippen LogP contribution in [0.5, 0.6) is 0 Å². The van der Waals surface area contributed by atoms with Crippen LogP contribution in [0.4, 0.5) is 0 Å². The van der Waals surface area contributed by atoms with Gasteiger partial charge >= 0.3 is 5.97 Å². The number of nitrogens with zero attached hydrogens (tertiary/aromatic N) is 1. The molecular weight excluding hydrogens is 734 g/mol. The molecule has 0 bridgehead atoms. The smallest absolute Gasteiger partial charge is 0.305 e. The Morgan fingerprint density at radius 2 is 1.23 bits per heavy atom. The van der Waals surface area contributed by atoms with Gasteiger partial charge in [0, 0.05) is 19.4 Å². The lowest BCUT2D eigenvalue weighted by atomic mass is 9.95. The largest absolute Gasteiger partial charge is 0.481 e. The number of fused-ring (bicyclic) bond motifs is 1. The van der Waals surface area contributed by atoms with E-state index >= 15 is 0 Å². The van der Waals surface area contributed by atoms with Gasteiger partial charge in [0.25, 0.3) is 0 Å². The molecule has 16 heteroatoms. The molecule has 0 spiro atoms. The third-order valence-corrected chi connectivity index (χ3v) is 10.2. The van der Waals surface area contributed by atoms with Crippen LogP contribution in [0.1, 0.15) is 70.9 Å². The highest BCUT2D eigenvalue weighted by Gasteiger charge is 2.40. The first-order valence-electron chi connectivity index (χ1n) is 19.5. The van der Waals surface area contributed by atoms with E-state index in [1.807, 2.05) is 20.8 Å². The number of carboxylic acid groups (broad SMARTS) is 1. The number of carbonyl (C=O) groups excluding carboxylic acids is 7. The van der Waals surface area contributed by atoms with E-state index in [1.54, 1.807) is 67.6 Å². The van der Waals surface area contributed by atoms with E-state index in [0.29, 0.717) is 30.4 Å². The average Bonchev–Trinajstić information content (AvgIpc) is 3.67. The molecule has 2 aliphatic heterocycles. The molecule has 2 saturated heterocycles. The number of rotatable bonds is 10. The molecule has 0 aromatic heterocycles. The summed E-state index contributed by atoms with van der Waals surface area (Å²) in [4.78, 5) is 110. The SMILES string of the molecule is CC[C@H](C)[C@@H]1NC(=O)[C@H](Cc2ccccc2)NC(=O)[C@H](CC(=O)O)NC(=O)[C@H](Cc2ccccc2)NC(=O)CNC(=O)[C@@H]2CCCN2C(=O)[C@H](CC(C)C)NC1=O. The highest BCUT2D eigenvalue weighted by atomic mass is 16.4. The minimum atomic E-state index is -1.69. The van der Waals surface area contributed by atoms with Crippen molar-refractivity contribution in [1.29, 1.82) is 0 Å². The fourth-order valence-corrected chi connectivity index (χ4v) is 6.99. The second kappa shape index (κ2) is 20.9. The summed E-state index contributed by atoms with van der Waals surface area (Å²) in [6, 6.07) is 9.95. The van der Waals surface area contributed by atoms with Crippen molar-refractivity contribution in [2.24, 2.45) is 11.8 Å². The molecule has 2 aromatic rings. The lowest BCUT2D eigenvalue weighted by molar-refractivity contribution is -0.142. The van der Waals surface area contributed by atoms with Crippen LogP contribution in [0.15, 0.2) is 60.7 Å². The Labute approximate surface area is 332 Å². The molecule has 7 atom stereocenters. The minimum Gasteiger partial charge on any atom is -0.481 e. The minimum absolute atomic E-state index is 0.0479. The summed E-state index contributed by atoms with van der Waals surface area (Å²) in [7, 11) is 0. The van der Waals surface area contributed by atoms with E-state index in [0.717, 1.165) is 0 Å². The molecule has 0 aliphatic carbocycles. The maximum absolute atomic E-state index is 14.2. The zero-order chi connectivity index (χ0) is 41.6. The van der Waals surface area contributed by atoms with Gasteiger partial charge in [0.05, 0.1) is 13.0 Å². The maximum atomic E-state index is 14.2. The van der Waals surface area contributed by atoms with Gasteiger partial charge in [-0.3, -0.25) is 38.4 Å². The number of hydrogen-bond acceptors (Lipinski definition) is 8. The molecule has 0 unspecified atom stereocenters. The number of benzene rings is 2. The van der Waals surface area contributed by atoms with Gasteiger partial charge in [-0.15, -0.1) is 0 Å². The lowest BCUT2D eigenvalue weighted by Gasteiger charge is -2.32. The average molecular weight is 790 g/mol. The van der Waals surface area contributed by atoms with Gasteiger partial charge < -0.3 is 41.9 Å². The first-order chi connectivity index (χ1) is 27.2. The third kappa shape index (κ3) is 12.9. The summed E-state index contributed by atoms with van der Waals surface area (Å²) in [5.41, 5.74) is 1.28. The summed E-state index contributed by atoms with van der Waals surface area (Å²) in [5, 5.41) is 25.6. The quantitative estimate of drug-likeness (QED) is 0.178. The normalized spacial score (nSPS) is 25.1. The van der Waals surface area contributed by atoms with Crippen molar-refractivity contribution in [2.75, 3.05) is 13.1 Å². The van der Waals surface area contributed by atoms with Crippen LogP contribution in [0, 0.1) is 11.8 Å². The molecule has 7 amide bonds. The fraction of sp³-hybridized carbons (Fsp3) is 0.512. The van der Waals surface area contributed by atoms with Crippen LogP contribution >= 0.6 is 0 Å². The number of amides is 7. The van der Waals surface area contributed by atoms with Gasteiger partial charge in [-0.25, -0.2) is 0 Å². The maximum Gasteiger partial charge on any atom is 0.305 e. The van der Waals surface area contributed by atoms with Crippen molar-refractivity contribution in [3.05, 3.63) is 71.8 Å². The Morgan fingerprint density at radius 3 is 1.79 bits per heavy atom. The Hall–Kier alpha value is -5.80. The van der Waals surface area contributed by atoms with Gasteiger partial charge in [0.1, 0.15) is 36.3 Å². The molecule has 0 saturated carbocycles. The van der Waals surface area contributed by atoms with Gasteiger partial charge in [0.2, 0.25) is 41.4 Å². The van der Waals surface area contributed by atoms with Crippen molar-refractivity contribution in [3.8, 4) is 0 Å². The monoisotopic (exact) mass is 789 g/mol. The lowest BCUT2D eigenvalue weighted by Crippen LogP contribution is -2.61. The third-order valence-electron chi connectivity index (χ3n) is 10.2. The molecule has 308 valence electrons. The highest BCUT2D eigenvalue weighted by molar-refractivity contribution is 5.99. The summed E-state index contributed by atoms with van der Waals surface area (Å²) in [6.45, 7) is 7.07. The summed E-state index contributed by atoms with van der Waals surface area (Å²) < 4.78 is 0. The second-order valence-corrected chi connectivity index (χ2v) is 15.2. The number of nitrogens with one attached hydrogen (secondary N) is 6. The van der Waals surface area contributed by atoms with Crippen LogP contribution in [0.25, 0.3) is 0 Å². The van der Waals surface area contributed by atoms with E-state index in [9.17, 15) is 43.5 Å². The van der Waals surface area contributed by atoms with Gasteiger partial charge in [-0.1, -0.05) is 94.8 Å². The van der Waals surface area contributed by atoms with Crippen LogP contribution in [-0.4, -0.2) is 107 Å². The van der Waals surface area contributed by atoms with Crippen LogP contribution in [-0.2, 0) is 51.2 Å². The van der Waals surface area contributed by atoms with Crippen molar-refractivity contribution < 1.29 is 43.5 Å². The van der Waals surface area contributed by atoms with E-state index in [4.69, 9.17) is 0 Å². The molecule has 7 N–H and O–H groups in total.